The summed E-state index contributed by atoms with van der Waals surface area (Å²) in [6.45, 7) is -0.869. The van der Waals surface area contributed by atoms with Crippen molar-refractivity contribution in [2.45, 2.75) is 30.7 Å². The van der Waals surface area contributed by atoms with Gasteiger partial charge in [-0.1, -0.05) is 0 Å². The van der Waals surface area contributed by atoms with Gasteiger partial charge in [-0.3, -0.25) is 0 Å². The van der Waals surface area contributed by atoms with Crippen LogP contribution in [-0.2, 0) is 4.74 Å². The van der Waals surface area contributed by atoms with E-state index in [9.17, 15) is 25.2 Å². The summed E-state index contributed by atoms with van der Waals surface area (Å²) in [6.07, 6.45) is -9.96. The first-order chi connectivity index (χ1) is 10.3. The molecule has 0 radical (unpaired) electrons. The van der Waals surface area contributed by atoms with E-state index in [1.165, 1.54) is 24.3 Å². The molecule has 0 aliphatic carbocycles. The van der Waals surface area contributed by atoms with Crippen molar-refractivity contribution in [1.29, 1.82) is 0 Å². The number of anilines is 1. The Kier molecular flexibility index (Phi) is 6.68. The fourth-order valence-electron chi connectivity index (χ4n) is 1.57. The molecule has 5 atom stereocenters. The van der Waals surface area contributed by atoms with Crippen LogP contribution in [0.2, 0.25) is 0 Å². The fraction of sp³-hybridized carbons (Fsp3) is 0.462. The number of benzene rings is 1. The summed E-state index contributed by atoms with van der Waals surface area (Å²) in [5, 5.41) is 55.8. The van der Waals surface area contributed by atoms with Gasteiger partial charge >= 0.3 is 5.97 Å². The Morgan fingerprint density at radius 3 is 2.05 bits per heavy atom. The molecule has 9 heteroatoms. The van der Waals surface area contributed by atoms with Crippen LogP contribution in [0.3, 0.4) is 0 Å². The molecule has 0 bridgehead atoms. The lowest BCUT2D eigenvalue weighted by molar-refractivity contribution is -0.191. The van der Waals surface area contributed by atoms with E-state index in [-0.39, 0.29) is 5.56 Å². The van der Waals surface area contributed by atoms with Gasteiger partial charge in [-0.25, -0.2) is 4.79 Å². The number of hydrogen-bond acceptors (Lipinski definition) is 9. The minimum absolute atomic E-state index is 0.0471. The first-order valence-corrected chi connectivity index (χ1v) is 6.35. The summed E-state index contributed by atoms with van der Waals surface area (Å²) in [7, 11) is 0. The van der Waals surface area contributed by atoms with Gasteiger partial charge in [0, 0.05) is 5.69 Å². The molecule has 0 aliphatic rings. The summed E-state index contributed by atoms with van der Waals surface area (Å²) >= 11 is 0. The molecule has 0 amide bonds. The maximum Gasteiger partial charge on any atom is 0.340 e. The first kappa shape index (κ1) is 18.3. The quantitative estimate of drug-likeness (QED) is 0.159. The standard InChI is InChI=1S/C13H19NO8/c14-7-3-1-6(2-4-7)12(20)22-13(21)11(19)10(18)9(17)8(16)5-15/h1-4,8-11,13,15-19,21H,5,14H2/t8-,9-,10+,11+,13?/m1/s1. The Morgan fingerprint density at radius 1 is 1.00 bits per heavy atom. The summed E-state index contributed by atoms with van der Waals surface area (Å²) in [4.78, 5) is 11.7. The molecule has 9 nitrogen and oxygen atoms in total. The SMILES string of the molecule is Nc1ccc(C(=O)OC(O)[C@@H](O)[C@@H](O)[C@H](O)[C@H](O)CO)cc1. The van der Waals surface area contributed by atoms with Crippen molar-refractivity contribution < 1.29 is 40.2 Å². The number of aliphatic hydroxyl groups excluding tert-OH is 6. The number of esters is 1. The van der Waals surface area contributed by atoms with E-state index in [1.807, 2.05) is 0 Å². The van der Waals surface area contributed by atoms with Crippen LogP contribution >= 0.6 is 0 Å². The highest BCUT2D eigenvalue weighted by atomic mass is 16.6. The molecule has 0 aliphatic heterocycles. The molecule has 8 N–H and O–H groups in total. The molecule has 124 valence electrons. The highest BCUT2D eigenvalue weighted by Gasteiger charge is 2.35. The highest BCUT2D eigenvalue weighted by Crippen LogP contribution is 2.12. The van der Waals surface area contributed by atoms with Gasteiger partial charge in [0.15, 0.2) is 0 Å². The normalized spacial score (nSPS) is 18.1. The van der Waals surface area contributed by atoms with Gasteiger partial charge < -0.3 is 41.1 Å². The van der Waals surface area contributed by atoms with Crippen LogP contribution in [0.15, 0.2) is 24.3 Å². The minimum Gasteiger partial charge on any atom is -0.429 e. The number of carbonyl (C=O) groups is 1. The van der Waals surface area contributed by atoms with E-state index in [1.54, 1.807) is 0 Å². The third-order valence-electron chi connectivity index (χ3n) is 2.95. The second-order valence-electron chi connectivity index (χ2n) is 4.64. The Labute approximate surface area is 125 Å². The second-order valence-corrected chi connectivity index (χ2v) is 4.64. The monoisotopic (exact) mass is 317 g/mol. The smallest absolute Gasteiger partial charge is 0.340 e. The van der Waals surface area contributed by atoms with E-state index >= 15 is 0 Å². The van der Waals surface area contributed by atoms with Gasteiger partial charge in [0.1, 0.15) is 24.4 Å². The highest BCUT2D eigenvalue weighted by molar-refractivity contribution is 5.89. The molecular formula is C13H19NO8. The van der Waals surface area contributed by atoms with Crippen LogP contribution in [0, 0.1) is 0 Å². The zero-order chi connectivity index (χ0) is 16.9. The van der Waals surface area contributed by atoms with E-state index < -0.39 is 43.3 Å². The fourth-order valence-corrected chi connectivity index (χ4v) is 1.57. The first-order valence-electron chi connectivity index (χ1n) is 6.35. The lowest BCUT2D eigenvalue weighted by Gasteiger charge is -2.28. The van der Waals surface area contributed by atoms with Gasteiger partial charge in [-0.05, 0) is 24.3 Å². The average Bonchev–Trinajstić information content (AvgIpc) is 2.52. The largest absolute Gasteiger partial charge is 0.429 e. The molecule has 1 rings (SSSR count). The lowest BCUT2D eigenvalue weighted by Crippen LogP contribution is -2.50. The molecule has 0 saturated carbocycles. The van der Waals surface area contributed by atoms with Crippen molar-refractivity contribution in [3.8, 4) is 0 Å². The van der Waals surface area contributed by atoms with E-state index in [0.717, 1.165) is 0 Å². The Hall–Kier alpha value is -1.75. The molecule has 0 aromatic heterocycles. The molecule has 0 fully saturated rings. The molecule has 0 heterocycles. The van der Waals surface area contributed by atoms with Crippen LogP contribution in [0.25, 0.3) is 0 Å². The molecule has 22 heavy (non-hydrogen) atoms. The predicted octanol–water partition coefficient (Wildman–Crippen LogP) is -2.82. The van der Waals surface area contributed by atoms with Gasteiger partial charge in [0.05, 0.1) is 12.2 Å². The lowest BCUT2D eigenvalue weighted by atomic mass is 10.0. The third kappa shape index (κ3) is 4.63. The number of carbonyl (C=O) groups excluding carboxylic acids is 1. The molecule has 0 saturated heterocycles. The molecule has 1 unspecified atom stereocenters. The van der Waals surface area contributed by atoms with E-state index in [0.29, 0.717) is 5.69 Å². The zero-order valence-corrected chi connectivity index (χ0v) is 11.5. The average molecular weight is 317 g/mol. The van der Waals surface area contributed by atoms with Crippen LogP contribution in [0.4, 0.5) is 5.69 Å². The topological polar surface area (TPSA) is 174 Å². The van der Waals surface area contributed by atoms with Gasteiger partial charge in [0.25, 0.3) is 0 Å². The maximum atomic E-state index is 11.7. The number of ether oxygens (including phenoxy) is 1. The van der Waals surface area contributed by atoms with Crippen molar-refractivity contribution in [3.63, 3.8) is 0 Å². The predicted molar refractivity (Wildman–Crippen MR) is 73.4 cm³/mol. The number of nitrogens with two attached hydrogens (primary N) is 1. The minimum atomic E-state index is -2.15. The summed E-state index contributed by atoms with van der Waals surface area (Å²) < 4.78 is 4.53. The van der Waals surface area contributed by atoms with Gasteiger partial charge in [-0.15, -0.1) is 0 Å². The van der Waals surface area contributed by atoms with Crippen LogP contribution < -0.4 is 5.73 Å². The third-order valence-corrected chi connectivity index (χ3v) is 2.95. The Bertz CT molecular complexity index is 479. The summed E-state index contributed by atoms with van der Waals surface area (Å²) in [5.41, 5.74) is 5.90. The van der Waals surface area contributed by atoms with Crippen molar-refractivity contribution in [2.75, 3.05) is 12.3 Å². The molecule has 0 spiro atoms. The second kappa shape index (κ2) is 8.03. The zero-order valence-electron chi connectivity index (χ0n) is 11.5. The van der Waals surface area contributed by atoms with E-state index in [4.69, 9.17) is 15.9 Å². The number of rotatable bonds is 7. The van der Waals surface area contributed by atoms with Crippen molar-refractivity contribution in [3.05, 3.63) is 29.8 Å². The Morgan fingerprint density at radius 2 is 1.55 bits per heavy atom. The van der Waals surface area contributed by atoms with Crippen LogP contribution in [-0.4, -0.2) is 73.9 Å². The summed E-state index contributed by atoms with van der Waals surface area (Å²) in [6, 6.07) is 5.51. The summed E-state index contributed by atoms with van der Waals surface area (Å²) in [5.74, 6) is -0.990. The maximum absolute atomic E-state index is 11.7. The van der Waals surface area contributed by atoms with Crippen molar-refractivity contribution in [2.24, 2.45) is 0 Å². The molecule has 1 aromatic rings. The van der Waals surface area contributed by atoms with Crippen LogP contribution in [0.1, 0.15) is 10.4 Å². The number of nitrogen functional groups attached to an aromatic ring is 1. The number of aliphatic hydroxyl groups is 6. The van der Waals surface area contributed by atoms with E-state index in [2.05, 4.69) is 4.74 Å². The van der Waals surface area contributed by atoms with Gasteiger partial charge in [0.2, 0.25) is 6.29 Å². The van der Waals surface area contributed by atoms with Gasteiger partial charge in [-0.2, -0.15) is 0 Å². The number of hydrogen-bond donors (Lipinski definition) is 7. The Balaban J connectivity index is 2.65. The van der Waals surface area contributed by atoms with Crippen molar-refractivity contribution in [1.82, 2.24) is 0 Å². The molecular weight excluding hydrogens is 298 g/mol. The van der Waals surface area contributed by atoms with Crippen LogP contribution in [0.5, 0.6) is 0 Å². The van der Waals surface area contributed by atoms with Crippen molar-refractivity contribution >= 4 is 11.7 Å². The molecule has 1 aromatic carbocycles.